The molecule has 0 unspecified atom stereocenters. The molecular weight excluding hydrogens is 216 g/mol. The summed E-state index contributed by atoms with van der Waals surface area (Å²) in [6, 6.07) is 5.57. The normalized spacial score (nSPS) is 10.4. The van der Waals surface area contributed by atoms with E-state index in [1.807, 2.05) is 25.1 Å². The fraction of sp³-hybridized carbons (Fsp3) is 0.231. The van der Waals surface area contributed by atoms with Crippen molar-refractivity contribution >= 4 is 0 Å². The van der Waals surface area contributed by atoms with Gasteiger partial charge in [-0.2, -0.15) is 0 Å². The van der Waals surface area contributed by atoms with Crippen LogP contribution in [0.25, 0.3) is 11.3 Å². The van der Waals surface area contributed by atoms with Crippen LogP contribution in [0, 0.1) is 0 Å². The summed E-state index contributed by atoms with van der Waals surface area (Å²) in [6.45, 7) is 2.97. The number of pyridine rings is 2. The van der Waals surface area contributed by atoms with Crippen molar-refractivity contribution in [2.24, 2.45) is 0 Å². The third-order valence-electron chi connectivity index (χ3n) is 2.39. The number of hydrogen-bond acceptors (Lipinski definition) is 4. The van der Waals surface area contributed by atoms with E-state index in [0.717, 1.165) is 11.3 Å². The second-order valence-corrected chi connectivity index (χ2v) is 3.54. The summed E-state index contributed by atoms with van der Waals surface area (Å²) in [6.07, 6.45) is 4.80. The van der Waals surface area contributed by atoms with E-state index < -0.39 is 0 Å². The maximum absolute atomic E-state index is 9.89. The quantitative estimate of drug-likeness (QED) is 0.876. The molecule has 0 aliphatic rings. The average Bonchev–Trinajstić information content (AvgIpc) is 2.37. The molecule has 2 aromatic rings. The third-order valence-corrected chi connectivity index (χ3v) is 2.39. The molecule has 0 bridgehead atoms. The van der Waals surface area contributed by atoms with Crippen LogP contribution >= 0.6 is 0 Å². The first-order chi connectivity index (χ1) is 8.33. The van der Waals surface area contributed by atoms with Crippen LogP contribution in [0.3, 0.4) is 0 Å². The molecule has 2 rings (SSSR count). The summed E-state index contributed by atoms with van der Waals surface area (Å²) >= 11 is 0. The average molecular weight is 230 g/mol. The molecule has 2 heterocycles. The van der Waals surface area contributed by atoms with E-state index >= 15 is 0 Å². The molecule has 4 heteroatoms. The number of nitrogens with zero attached hydrogens (tertiary/aromatic N) is 2. The highest BCUT2D eigenvalue weighted by Crippen LogP contribution is 2.30. The van der Waals surface area contributed by atoms with Gasteiger partial charge in [0.05, 0.1) is 24.1 Å². The second-order valence-electron chi connectivity index (χ2n) is 3.54. The number of ether oxygens (including phenoxy) is 1. The minimum absolute atomic E-state index is 0.126. The zero-order valence-corrected chi connectivity index (χ0v) is 9.63. The van der Waals surface area contributed by atoms with E-state index in [1.165, 1.54) is 6.20 Å². The van der Waals surface area contributed by atoms with E-state index in [-0.39, 0.29) is 5.75 Å². The van der Waals surface area contributed by atoms with Gasteiger partial charge in [-0.1, -0.05) is 6.07 Å². The lowest BCUT2D eigenvalue weighted by molar-refractivity contribution is 0.134. The fourth-order valence-corrected chi connectivity index (χ4v) is 1.62. The van der Waals surface area contributed by atoms with Crippen molar-refractivity contribution in [2.45, 2.75) is 13.5 Å². The molecule has 0 saturated heterocycles. The number of hydrogen-bond donors (Lipinski definition) is 1. The molecule has 0 spiro atoms. The minimum Gasteiger partial charge on any atom is -0.506 e. The number of aromatic hydroxyl groups is 1. The van der Waals surface area contributed by atoms with Crippen LogP contribution in [-0.4, -0.2) is 21.7 Å². The van der Waals surface area contributed by atoms with Gasteiger partial charge in [0.2, 0.25) is 0 Å². The zero-order chi connectivity index (χ0) is 12.1. The monoisotopic (exact) mass is 230 g/mol. The maximum Gasteiger partial charge on any atom is 0.143 e. The van der Waals surface area contributed by atoms with Crippen molar-refractivity contribution in [3.8, 4) is 17.0 Å². The molecule has 0 saturated carbocycles. The lowest BCUT2D eigenvalue weighted by atomic mass is 10.1. The van der Waals surface area contributed by atoms with Crippen molar-refractivity contribution in [2.75, 3.05) is 6.61 Å². The second kappa shape index (κ2) is 5.41. The van der Waals surface area contributed by atoms with E-state index in [1.54, 1.807) is 12.4 Å². The van der Waals surface area contributed by atoms with E-state index in [9.17, 15) is 5.11 Å². The first-order valence-electron chi connectivity index (χ1n) is 5.48. The number of rotatable bonds is 4. The Hall–Kier alpha value is -1.94. The molecule has 0 fully saturated rings. The van der Waals surface area contributed by atoms with Gasteiger partial charge >= 0.3 is 0 Å². The minimum atomic E-state index is 0.126. The Morgan fingerprint density at radius 2 is 2.18 bits per heavy atom. The summed E-state index contributed by atoms with van der Waals surface area (Å²) in [5, 5.41) is 9.89. The highest BCUT2D eigenvalue weighted by molar-refractivity contribution is 5.69. The molecule has 0 aliphatic carbocycles. The van der Waals surface area contributed by atoms with Gasteiger partial charge in [-0.05, 0) is 19.1 Å². The molecule has 17 heavy (non-hydrogen) atoms. The predicted octanol–water partition coefficient (Wildman–Crippen LogP) is 2.39. The van der Waals surface area contributed by atoms with Gasteiger partial charge in [0, 0.05) is 24.6 Å². The molecule has 0 aromatic carbocycles. The molecule has 0 atom stereocenters. The van der Waals surface area contributed by atoms with Crippen LogP contribution in [0.2, 0.25) is 0 Å². The van der Waals surface area contributed by atoms with Crippen LogP contribution in [-0.2, 0) is 11.3 Å². The topological polar surface area (TPSA) is 55.2 Å². The molecule has 1 N–H and O–H groups in total. The lowest BCUT2D eigenvalue weighted by Crippen LogP contribution is -1.97. The molecule has 88 valence electrons. The van der Waals surface area contributed by atoms with Gasteiger partial charge in [0.25, 0.3) is 0 Å². The molecular formula is C13H14N2O2. The molecule has 0 amide bonds. The summed E-state index contributed by atoms with van der Waals surface area (Å²) in [5.74, 6) is 0.126. The molecule has 4 nitrogen and oxygen atoms in total. The molecule has 0 aliphatic heterocycles. The largest absolute Gasteiger partial charge is 0.506 e. The molecule has 2 aromatic heterocycles. The van der Waals surface area contributed by atoms with Crippen molar-refractivity contribution < 1.29 is 9.84 Å². The van der Waals surface area contributed by atoms with E-state index in [0.29, 0.717) is 18.8 Å². The van der Waals surface area contributed by atoms with Gasteiger partial charge in [-0.15, -0.1) is 0 Å². The van der Waals surface area contributed by atoms with Crippen molar-refractivity contribution in [3.05, 3.63) is 42.4 Å². The van der Waals surface area contributed by atoms with Crippen LogP contribution in [0.1, 0.15) is 12.5 Å². The standard InChI is InChI=1S/C13H14N2O2/c1-2-17-9-10-7-14-8-12(16)13(10)11-5-3-4-6-15-11/h3-8,16H,2,9H2,1H3. The van der Waals surface area contributed by atoms with E-state index in [2.05, 4.69) is 9.97 Å². The Kier molecular flexibility index (Phi) is 3.67. The summed E-state index contributed by atoms with van der Waals surface area (Å²) in [7, 11) is 0. The Balaban J connectivity index is 2.44. The highest BCUT2D eigenvalue weighted by Gasteiger charge is 2.11. The summed E-state index contributed by atoms with van der Waals surface area (Å²) in [5.41, 5.74) is 2.25. The van der Waals surface area contributed by atoms with Crippen LogP contribution < -0.4 is 0 Å². The van der Waals surface area contributed by atoms with Gasteiger partial charge in [0.15, 0.2) is 0 Å². The van der Waals surface area contributed by atoms with Crippen molar-refractivity contribution in [1.29, 1.82) is 0 Å². The maximum atomic E-state index is 9.89. The van der Waals surface area contributed by atoms with Crippen molar-refractivity contribution in [3.63, 3.8) is 0 Å². The Morgan fingerprint density at radius 3 is 2.88 bits per heavy atom. The zero-order valence-electron chi connectivity index (χ0n) is 9.63. The smallest absolute Gasteiger partial charge is 0.143 e. The summed E-state index contributed by atoms with van der Waals surface area (Å²) in [4.78, 5) is 8.20. The molecule has 0 radical (unpaired) electrons. The predicted molar refractivity (Wildman–Crippen MR) is 64.5 cm³/mol. The number of aromatic nitrogens is 2. The fourth-order valence-electron chi connectivity index (χ4n) is 1.62. The van der Waals surface area contributed by atoms with E-state index in [4.69, 9.17) is 4.74 Å². The van der Waals surface area contributed by atoms with Gasteiger partial charge in [-0.3, -0.25) is 9.97 Å². The first kappa shape index (κ1) is 11.5. The summed E-state index contributed by atoms with van der Waals surface area (Å²) < 4.78 is 5.36. The Bertz CT molecular complexity index is 486. The van der Waals surface area contributed by atoms with Gasteiger partial charge in [-0.25, -0.2) is 0 Å². The van der Waals surface area contributed by atoms with Crippen molar-refractivity contribution in [1.82, 2.24) is 9.97 Å². The third kappa shape index (κ3) is 2.60. The van der Waals surface area contributed by atoms with Crippen LogP contribution in [0.15, 0.2) is 36.8 Å². The Labute approximate surface area is 99.9 Å². The van der Waals surface area contributed by atoms with Gasteiger partial charge < -0.3 is 9.84 Å². The van der Waals surface area contributed by atoms with Gasteiger partial charge in [0.1, 0.15) is 5.75 Å². The van der Waals surface area contributed by atoms with Crippen LogP contribution in [0.4, 0.5) is 0 Å². The first-order valence-corrected chi connectivity index (χ1v) is 5.48. The Morgan fingerprint density at radius 1 is 1.29 bits per heavy atom. The highest BCUT2D eigenvalue weighted by atomic mass is 16.5. The lowest BCUT2D eigenvalue weighted by Gasteiger charge is -2.10. The van der Waals surface area contributed by atoms with Crippen LogP contribution in [0.5, 0.6) is 5.75 Å². The SMILES string of the molecule is CCOCc1cncc(O)c1-c1ccccn1.